The lowest BCUT2D eigenvalue weighted by Crippen LogP contribution is -2.51. The summed E-state index contributed by atoms with van der Waals surface area (Å²) >= 11 is 0. The fourth-order valence-electron chi connectivity index (χ4n) is 25.4. The van der Waals surface area contributed by atoms with Gasteiger partial charge in [-0.3, -0.25) is 0 Å². The van der Waals surface area contributed by atoms with Crippen LogP contribution in [-0.2, 0) is 56.8 Å². The number of aliphatic hydroxyl groups is 1. The Bertz CT molecular complexity index is 4650. The summed E-state index contributed by atoms with van der Waals surface area (Å²) in [7, 11) is 8.97. The molecular weight excluding hydrogens is 1770 g/mol. The van der Waals surface area contributed by atoms with Crippen molar-refractivity contribution in [3.05, 3.63) is 0 Å². The van der Waals surface area contributed by atoms with Crippen LogP contribution in [-0.4, -0.2) is 235 Å². The van der Waals surface area contributed by atoms with Gasteiger partial charge < -0.3 is 81.5 Å². The van der Waals surface area contributed by atoms with Crippen molar-refractivity contribution < 1.29 is 71.5 Å². The van der Waals surface area contributed by atoms with Crippen molar-refractivity contribution in [1.29, 1.82) is 0 Å². The molecule has 0 bridgehead atoms. The van der Waals surface area contributed by atoms with Crippen molar-refractivity contribution >= 4 is 0 Å². The summed E-state index contributed by atoms with van der Waals surface area (Å²) in [4.78, 5) is 9.88. The van der Waals surface area contributed by atoms with Crippen LogP contribution in [0.2, 0.25) is 0 Å². The smallest absolute Gasteiger partial charge is 0.163 e. The third kappa shape index (κ3) is 34.1. The van der Waals surface area contributed by atoms with Crippen molar-refractivity contribution in [3.63, 3.8) is 0 Å². The molecule has 0 radical (unpaired) electrons. The van der Waals surface area contributed by atoms with E-state index in [1.807, 2.05) is 0 Å². The van der Waals surface area contributed by atoms with E-state index in [4.69, 9.17) is 61.7 Å². The molecule has 16 saturated heterocycles. The highest BCUT2D eigenvalue weighted by Gasteiger charge is 2.60. The van der Waals surface area contributed by atoms with Crippen LogP contribution >= 0.6 is 0 Å². The number of hydrogen-bond acceptors (Lipinski definition) is 17. The van der Waals surface area contributed by atoms with Gasteiger partial charge in [0.05, 0.1) is 118 Å². The summed E-state index contributed by atoms with van der Waals surface area (Å²) in [6.07, 6.45) is 10.4. The van der Waals surface area contributed by atoms with Crippen LogP contribution < -0.4 is 0 Å². The molecule has 17 nitrogen and oxygen atoms in total. The summed E-state index contributed by atoms with van der Waals surface area (Å²) in [5, 5.41) is 10.2. The second-order valence-electron chi connectivity index (χ2n) is 60.0. The minimum atomic E-state index is -3.15. The molecule has 22 fully saturated rings. The minimum absolute atomic E-state index is 0.0364. The molecule has 27 atom stereocenters. The second kappa shape index (κ2) is 47.0. The zero-order valence-electron chi connectivity index (χ0n) is 104. The van der Waals surface area contributed by atoms with Gasteiger partial charge in [-0.25, -0.2) is 0 Å². The van der Waals surface area contributed by atoms with E-state index in [0.717, 1.165) is 150 Å². The lowest BCUT2D eigenvalue weighted by atomic mass is 9.61. The average Bonchev–Trinajstić information content (AvgIpc) is 1.48. The minimum Gasteiger partial charge on any atom is -0.390 e. The molecular formula is C125H212N4O13. The topological polar surface area (TPSA) is 144 Å². The first-order valence-electron chi connectivity index (χ1n) is 59.8. The van der Waals surface area contributed by atoms with E-state index >= 15 is 0 Å². The van der Waals surface area contributed by atoms with Crippen LogP contribution in [0.4, 0.5) is 0 Å². The number of fused-ring (bicyclic) bond motifs is 10. The summed E-state index contributed by atoms with van der Waals surface area (Å²) < 4.78 is 120. The molecule has 0 aromatic rings. The molecule has 16 heterocycles. The lowest BCUT2D eigenvalue weighted by Gasteiger charge is -2.51. The Kier molecular flexibility index (Phi) is 35.6. The molecule has 6 saturated carbocycles. The molecule has 142 heavy (non-hydrogen) atoms. The zero-order chi connectivity index (χ0) is 111. The van der Waals surface area contributed by atoms with E-state index in [2.05, 4.69) is 326 Å². The first kappa shape index (κ1) is 108. The largest absolute Gasteiger partial charge is 0.390 e. The van der Waals surface area contributed by atoms with Crippen LogP contribution in [0.3, 0.4) is 0 Å². The highest BCUT2D eigenvalue weighted by molar-refractivity contribution is 5.28. The van der Waals surface area contributed by atoms with Crippen LogP contribution in [0.25, 0.3) is 0 Å². The highest BCUT2D eigenvalue weighted by Crippen LogP contribution is 2.59. The highest BCUT2D eigenvalue weighted by atomic mass is 16.7. The van der Waals surface area contributed by atoms with Gasteiger partial charge in [0.15, 0.2) is 31.4 Å². The number of piperidine rings is 2. The summed E-state index contributed by atoms with van der Waals surface area (Å²) in [6.45, 7) is 89.2. The van der Waals surface area contributed by atoms with E-state index < -0.39 is 42.7 Å². The van der Waals surface area contributed by atoms with Crippen molar-refractivity contribution in [2.75, 3.05) is 166 Å². The van der Waals surface area contributed by atoms with Crippen molar-refractivity contribution in [1.82, 2.24) is 19.6 Å². The maximum absolute atomic E-state index is 10.2. The first-order valence-corrected chi connectivity index (χ1v) is 56.3. The predicted molar refractivity (Wildman–Crippen MR) is 578 cm³/mol. The molecule has 27 unspecified atom stereocenters. The second-order valence-corrected chi connectivity index (χ2v) is 60.0. The number of ether oxygens (including phenoxy) is 12. The molecule has 16 aliphatic heterocycles. The van der Waals surface area contributed by atoms with Gasteiger partial charge in [-0.15, -0.1) is 0 Å². The van der Waals surface area contributed by atoms with Gasteiger partial charge >= 0.3 is 0 Å². The molecule has 1 spiro atoms. The zero-order valence-corrected chi connectivity index (χ0v) is 97.2. The van der Waals surface area contributed by atoms with Gasteiger partial charge in [-0.05, 0) is 324 Å². The predicted octanol–water partition coefficient (Wildman–Crippen LogP) is 23.4. The lowest BCUT2D eigenvalue weighted by molar-refractivity contribution is -0.169. The fourth-order valence-corrected chi connectivity index (χ4v) is 25.4. The van der Waals surface area contributed by atoms with Gasteiger partial charge in [-0.2, -0.15) is 0 Å². The Morgan fingerprint density at radius 1 is 0.380 bits per heavy atom. The number of nitrogens with zero attached hydrogens (tertiary/aromatic N) is 4. The summed E-state index contributed by atoms with van der Waals surface area (Å²) in [5.74, 6) is 47.3. The Morgan fingerprint density at radius 3 is 1.31 bits per heavy atom. The number of rotatable bonds is 1. The molecule has 22 aliphatic rings. The Balaban J connectivity index is 0.000000146. The standard InChI is InChI=1S/C14H23N.C12H23N.C12H19N.C12H18O2.C12H18O.C11H21N.C11H20O2.C11H16O.C10H18O3.2C10H18O2/c1-14(2,3)6-5-11-7-12-9-15(4)10-13(12)8-11;1-12(2,3)11-5-9-7-13(4)8-10(9)6-11;1-12(2,3)6-5-9-10-7-13(4)8-11(9)10;1-12(2,3)6-4-9-8-14-11-10(9)5-7-13-11;1-11(2,3)5-4-10-6-12(7-10)8-13-9-12;1-11(2,3)5-8-9-6-12(4)7-10(8)9;1-7-5-12-10-9(7)8(6-13-10)11(2,3)4;1-10(2,3)4-5-11-6-9(11)7-12-8-11;1-10(2,3)6-4-12-9-8(6)7(11)5-13-9;1-10(2,3)8-6-12-9-7(8)4-5-11-9;1-10(2,3)8-6-7-4-5-11-9(7)12-8/h11-13H,7-10H2,1-4H3;9-11H,5-8H2,1-4H3;9-11H,7-8H2,1-4H3;9-11H,5,7-8H2,1-3H3;10H,6-9H2,1-3H3;8-10H,5-7H2,1-4H3;7-10H,5-6H2,1-4H3;9H,6-8H2,1-3H3;6-9,11H,4-5H2,1-3H3;2*7-9H,4-6H2,1-3H3/i;;;;;;;;4D2,5D2,7D,8D,9D;;. The van der Waals surface area contributed by atoms with E-state index in [9.17, 15) is 5.11 Å². The van der Waals surface area contributed by atoms with E-state index in [-0.39, 0.29) is 63.1 Å². The van der Waals surface area contributed by atoms with Crippen molar-refractivity contribution in [2.45, 2.75) is 356 Å². The fraction of sp³-hybridized carbons (Fsp3) is 0.920. The quantitative estimate of drug-likeness (QED) is 0.248. The maximum atomic E-state index is 10.2. The Morgan fingerprint density at radius 2 is 0.831 bits per heavy atom. The van der Waals surface area contributed by atoms with Gasteiger partial charge in [0, 0.05) is 139 Å². The van der Waals surface area contributed by atoms with Gasteiger partial charge in [0.1, 0.15) is 0 Å². The van der Waals surface area contributed by atoms with Gasteiger partial charge in [0.25, 0.3) is 0 Å². The molecule has 810 valence electrons. The first-order chi connectivity index (χ1) is 68.1. The molecule has 0 aromatic heterocycles. The Hall–Kier alpha value is -2.88. The van der Waals surface area contributed by atoms with Gasteiger partial charge in [0.2, 0.25) is 0 Å². The van der Waals surface area contributed by atoms with Crippen molar-refractivity contribution in [3.8, 4) is 59.2 Å². The average molecular weight is 1990 g/mol. The van der Waals surface area contributed by atoms with Crippen LogP contribution in [0.15, 0.2) is 0 Å². The van der Waals surface area contributed by atoms with Crippen LogP contribution in [0, 0.1) is 272 Å². The van der Waals surface area contributed by atoms with E-state index in [0.29, 0.717) is 92.4 Å². The molecule has 22 rings (SSSR count). The maximum Gasteiger partial charge on any atom is 0.163 e. The van der Waals surface area contributed by atoms with E-state index in [1.165, 1.54) is 123 Å². The summed E-state index contributed by atoms with van der Waals surface area (Å²) in [6, 6.07) is 0. The SMILES string of the molecule is CC(C)(C)C#CC12COCC1C2.CC(C)(C)C#CC1CC2(COC2)C1.CC(C)(C)C#CC1COC2OCCC12.CC(C)(C)C1CC2CCOC2O1.CC(C)(C)C1COC2OCCC21.CC1COC2OCC(C(C)(C)C)C12.CN1CC2C(C#CC(C)(C)C)C2C1.CN1CC2C(C1)C2CC(C)(C)C.CN1CC2CC(C#CC(C)(C)C)CC2C1.CN1CC2CC(C(C)(C)C)CC2C1.[2H]C1([2H])OC2([2H])OC([2H])([2H])C([2H])(O)C2([2H])C1C(C)(C)C. The Labute approximate surface area is 880 Å². The van der Waals surface area contributed by atoms with Crippen LogP contribution in [0.1, 0.15) is 322 Å². The molecule has 0 amide bonds. The molecule has 1 N–H and O–H groups in total. The molecule has 0 aromatic carbocycles. The van der Waals surface area contributed by atoms with Gasteiger partial charge in [-0.1, -0.05) is 191 Å². The molecule has 17 heteroatoms. The number of hydrogen-bond donors (Lipinski definition) is 1. The molecule has 6 aliphatic carbocycles. The normalized spacial score (nSPS) is 42.1. The summed E-state index contributed by atoms with van der Waals surface area (Å²) in [5.41, 5.74) is 2.73. The third-order valence-corrected chi connectivity index (χ3v) is 34.0. The monoisotopic (exact) mass is 1980 g/mol. The van der Waals surface area contributed by atoms with Crippen LogP contribution in [0.5, 0.6) is 0 Å². The third-order valence-electron chi connectivity index (χ3n) is 34.0. The number of likely N-dealkylation sites (tertiary alicyclic amines) is 4. The van der Waals surface area contributed by atoms with Crippen molar-refractivity contribution in [2.24, 2.45) is 212 Å². The van der Waals surface area contributed by atoms with E-state index in [1.54, 1.807) is 20.8 Å².